The lowest BCUT2D eigenvalue weighted by atomic mass is 9.72. The molecule has 0 saturated heterocycles. The van der Waals surface area contributed by atoms with E-state index in [4.69, 9.17) is 14.1 Å². The molecule has 1 spiro atoms. The first kappa shape index (κ1) is 36.1. The van der Waals surface area contributed by atoms with E-state index < -0.39 is 47.6 Å². The number of rotatable bonds is 9. The number of amides is 3. The summed E-state index contributed by atoms with van der Waals surface area (Å²) in [5.41, 5.74) is 4.21. The number of carbonyl (C=O) groups is 3. The molecule has 4 bridgehead atoms. The minimum absolute atomic E-state index is 0.0873. The summed E-state index contributed by atoms with van der Waals surface area (Å²) in [5, 5.41) is 23.2. The Labute approximate surface area is 319 Å². The number of nitrogens with one attached hydrogen (secondary N) is 4. The van der Waals surface area contributed by atoms with Gasteiger partial charge in [0.05, 0.1) is 0 Å². The third-order valence-electron chi connectivity index (χ3n) is 11.0. The van der Waals surface area contributed by atoms with Crippen molar-refractivity contribution >= 4 is 23.4 Å². The van der Waals surface area contributed by atoms with Crippen molar-refractivity contribution < 1.29 is 28.6 Å². The van der Waals surface area contributed by atoms with E-state index in [0.29, 0.717) is 11.5 Å². The molecule has 0 aliphatic carbocycles. The minimum atomic E-state index is -1.30. The van der Waals surface area contributed by atoms with E-state index in [1.54, 1.807) is 13.8 Å². The predicted molar refractivity (Wildman–Crippen MR) is 207 cm³/mol. The van der Waals surface area contributed by atoms with Gasteiger partial charge in [-0.2, -0.15) is 0 Å². The number of oxazole rings is 1. The topological polar surface area (TPSA) is 155 Å². The number of aliphatic hydroxyl groups excluding tert-OH is 1. The summed E-state index contributed by atoms with van der Waals surface area (Å²) in [6.07, 6.45) is -1.85. The highest BCUT2D eigenvalue weighted by molar-refractivity contribution is 5.95. The van der Waals surface area contributed by atoms with Crippen molar-refractivity contribution in [2.45, 2.75) is 69.9 Å². The molecule has 3 aliphatic heterocycles. The zero-order chi connectivity index (χ0) is 38.4. The van der Waals surface area contributed by atoms with Crippen molar-refractivity contribution in [2.24, 2.45) is 11.8 Å². The van der Waals surface area contributed by atoms with Gasteiger partial charge in [0, 0.05) is 30.1 Å². The van der Waals surface area contributed by atoms with Gasteiger partial charge in [-0.1, -0.05) is 119 Å². The number of hydrogen-bond acceptors (Lipinski definition) is 8. The van der Waals surface area contributed by atoms with Crippen molar-refractivity contribution in [3.63, 3.8) is 0 Å². The summed E-state index contributed by atoms with van der Waals surface area (Å²) in [6, 6.07) is 31.8. The molecule has 0 fully saturated rings. The van der Waals surface area contributed by atoms with Crippen molar-refractivity contribution in [3.8, 4) is 5.75 Å². The van der Waals surface area contributed by atoms with Crippen LogP contribution in [0.5, 0.6) is 5.75 Å². The van der Waals surface area contributed by atoms with Crippen LogP contribution in [0.4, 0.5) is 5.69 Å². The Hall–Kier alpha value is -5.94. The fourth-order valence-corrected chi connectivity index (χ4v) is 8.09. The molecule has 4 aromatic carbocycles. The molecule has 1 aromatic heterocycles. The van der Waals surface area contributed by atoms with Crippen molar-refractivity contribution in [1.82, 2.24) is 20.9 Å². The van der Waals surface area contributed by atoms with E-state index in [9.17, 15) is 19.5 Å². The van der Waals surface area contributed by atoms with E-state index in [2.05, 4.69) is 45.5 Å². The SMILES string of the molecule is CC(C)[C@H](O)C(=O)NC1Cc2ccc3c(c2)C2(c4ccccc4NC2O3)c2oc(nc2C(=O)NCC(c2ccccc2)c2ccccc2)[C@H](C(C)C)NC1=O. The summed E-state index contributed by atoms with van der Waals surface area (Å²) < 4.78 is 13.5. The van der Waals surface area contributed by atoms with Gasteiger partial charge >= 0.3 is 0 Å². The standard InChI is InChI=1S/C44H45N5O6/c1-24(2)35-42-49-36(40(52)45-23-29(27-13-7-5-8-14-27)28-15-9-6-10-16-28)38(55-42)44-30-17-11-12-18-32(30)47-43(44)54-34-20-19-26(21-31(34)44)22-33(39(51)48-35)46-41(53)37(50)25(3)4/h5-21,24-25,29,33,35,37,43,47,50H,22-23H2,1-4H3,(H,45,52)(H,46,53)(H,48,51)/t33?,35-,37-,43?,44?/m0/s1. The molecule has 3 amide bonds. The molecule has 5 N–H and O–H groups in total. The van der Waals surface area contributed by atoms with Gasteiger partial charge in [0.1, 0.15) is 29.4 Å². The zero-order valence-electron chi connectivity index (χ0n) is 31.2. The van der Waals surface area contributed by atoms with Crippen LogP contribution in [-0.4, -0.2) is 52.7 Å². The van der Waals surface area contributed by atoms with Gasteiger partial charge < -0.3 is 35.5 Å². The van der Waals surface area contributed by atoms with Crippen LogP contribution in [0.15, 0.2) is 108 Å². The zero-order valence-corrected chi connectivity index (χ0v) is 31.2. The predicted octanol–water partition coefficient (Wildman–Crippen LogP) is 5.59. The summed E-state index contributed by atoms with van der Waals surface area (Å²) >= 11 is 0. The summed E-state index contributed by atoms with van der Waals surface area (Å²) in [4.78, 5) is 47.0. The maximum Gasteiger partial charge on any atom is 0.273 e. The smallest absolute Gasteiger partial charge is 0.273 e. The Balaban J connectivity index is 1.27. The van der Waals surface area contributed by atoms with Gasteiger partial charge in [0.2, 0.25) is 17.7 Å². The monoisotopic (exact) mass is 739 g/mol. The Bertz CT molecular complexity index is 2200. The first-order valence-electron chi connectivity index (χ1n) is 18.9. The number of aliphatic hydroxyl groups is 1. The fourth-order valence-electron chi connectivity index (χ4n) is 8.09. The van der Waals surface area contributed by atoms with Crippen molar-refractivity contribution in [3.05, 3.63) is 148 Å². The summed E-state index contributed by atoms with van der Waals surface area (Å²) in [6.45, 7) is 7.61. The Morgan fingerprint density at radius 2 is 1.56 bits per heavy atom. The number of ether oxygens (including phenoxy) is 1. The van der Waals surface area contributed by atoms with E-state index in [-0.39, 0.29) is 42.3 Å². The van der Waals surface area contributed by atoms with Crippen LogP contribution in [-0.2, 0) is 21.4 Å². The maximum atomic E-state index is 14.7. The van der Waals surface area contributed by atoms with Crippen LogP contribution >= 0.6 is 0 Å². The third kappa shape index (κ3) is 6.32. The molecule has 0 radical (unpaired) electrons. The van der Waals surface area contributed by atoms with Crippen molar-refractivity contribution in [1.29, 1.82) is 0 Å². The maximum absolute atomic E-state index is 14.7. The molecular weight excluding hydrogens is 695 g/mol. The Kier molecular flexibility index (Phi) is 9.42. The average molecular weight is 740 g/mol. The van der Waals surface area contributed by atoms with Crippen LogP contribution in [0.1, 0.15) is 89.6 Å². The molecular formula is C44H45N5O6. The molecule has 5 aromatic rings. The Morgan fingerprint density at radius 3 is 2.24 bits per heavy atom. The molecule has 282 valence electrons. The molecule has 4 heterocycles. The number of hydrogen-bond donors (Lipinski definition) is 5. The van der Waals surface area contributed by atoms with E-state index in [1.807, 2.05) is 92.7 Å². The van der Waals surface area contributed by atoms with E-state index in [0.717, 1.165) is 33.5 Å². The van der Waals surface area contributed by atoms with Gasteiger partial charge in [-0.15, -0.1) is 0 Å². The first-order valence-corrected chi connectivity index (χ1v) is 18.9. The van der Waals surface area contributed by atoms with Gasteiger partial charge in [-0.3, -0.25) is 14.4 Å². The van der Waals surface area contributed by atoms with Gasteiger partial charge in [0.25, 0.3) is 5.91 Å². The first-order chi connectivity index (χ1) is 26.6. The number of carbonyl (C=O) groups excluding carboxylic acids is 3. The van der Waals surface area contributed by atoms with Crippen LogP contribution in [0.2, 0.25) is 0 Å². The second kappa shape index (κ2) is 14.4. The van der Waals surface area contributed by atoms with Crippen LogP contribution in [0.3, 0.4) is 0 Å². The fraction of sp³-hybridized carbons (Fsp3) is 0.318. The molecule has 55 heavy (non-hydrogen) atoms. The quantitative estimate of drug-likeness (QED) is 0.131. The molecule has 8 rings (SSSR count). The second-order valence-electron chi connectivity index (χ2n) is 15.3. The minimum Gasteiger partial charge on any atom is -0.469 e. The van der Waals surface area contributed by atoms with Gasteiger partial charge in [-0.05, 0) is 46.2 Å². The van der Waals surface area contributed by atoms with Crippen LogP contribution < -0.4 is 26.0 Å². The molecule has 3 aliphatic rings. The van der Waals surface area contributed by atoms with Crippen LogP contribution in [0.25, 0.3) is 0 Å². The van der Waals surface area contributed by atoms with Crippen LogP contribution in [0, 0.1) is 11.8 Å². The molecule has 0 saturated carbocycles. The number of para-hydroxylation sites is 1. The molecule has 3 unspecified atom stereocenters. The lowest BCUT2D eigenvalue weighted by Crippen LogP contribution is -2.52. The molecule has 11 nitrogen and oxygen atoms in total. The number of aromatic nitrogens is 1. The summed E-state index contributed by atoms with van der Waals surface area (Å²) in [5.74, 6) is -1.22. The number of anilines is 1. The van der Waals surface area contributed by atoms with E-state index in [1.165, 1.54) is 0 Å². The van der Waals surface area contributed by atoms with Crippen molar-refractivity contribution in [2.75, 3.05) is 11.9 Å². The van der Waals surface area contributed by atoms with Gasteiger partial charge in [-0.25, -0.2) is 4.98 Å². The second-order valence-corrected chi connectivity index (χ2v) is 15.3. The summed E-state index contributed by atoms with van der Waals surface area (Å²) in [7, 11) is 0. The normalized spacial score (nSPS) is 21.4. The number of benzene rings is 4. The average Bonchev–Trinajstić information content (AvgIpc) is 3.86. The third-order valence-corrected chi connectivity index (χ3v) is 11.0. The lowest BCUT2D eigenvalue weighted by molar-refractivity contribution is -0.135. The molecule has 11 heteroatoms. The number of fused-ring (bicyclic) bond motifs is 4. The Morgan fingerprint density at radius 1 is 0.891 bits per heavy atom. The lowest BCUT2D eigenvalue weighted by Gasteiger charge is -2.29. The highest BCUT2D eigenvalue weighted by Gasteiger charge is 2.61. The highest BCUT2D eigenvalue weighted by Crippen LogP contribution is 2.58. The van der Waals surface area contributed by atoms with Gasteiger partial charge in [0.15, 0.2) is 17.7 Å². The highest BCUT2D eigenvalue weighted by atomic mass is 16.5. The number of nitrogens with zero attached hydrogens (tertiary/aromatic N) is 1. The largest absolute Gasteiger partial charge is 0.469 e. The molecule has 5 atom stereocenters. The van der Waals surface area contributed by atoms with E-state index >= 15 is 0 Å².